The highest BCUT2D eigenvalue weighted by Crippen LogP contribution is 2.29. The number of carbonyl (C=O) groups is 1. The van der Waals surface area contributed by atoms with Crippen LogP contribution < -0.4 is 10.6 Å². The topological polar surface area (TPSA) is 41.1 Å². The van der Waals surface area contributed by atoms with E-state index < -0.39 is 0 Å². The molecule has 0 saturated heterocycles. The van der Waals surface area contributed by atoms with Gasteiger partial charge in [-0.25, -0.2) is 0 Å². The lowest BCUT2D eigenvalue weighted by Crippen LogP contribution is -2.38. The van der Waals surface area contributed by atoms with E-state index in [1.165, 1.54) is 0 Å². The second kappa shape index (κ2) is 9.90. The quantitative estimate of drug-likeness (QED) is 0.696. The molecule has 6 heteroatoms. The van der Waals surface area contributed by atoms with Crippen molar-refractivity contribution in [2.75, 3.05) is 12.4 Å². The highest BCUT2D eigenvalue weighted by Gasteiger charge is 2.15. The zero-order valence-corrected chi connectivity index (χ0v) is 15.9. The fraction of sp³-hybridized carbons (Fsp3) is 0.278. The molecular formula is C18H21Cl3N2O. The van der Waals surface area contributed by atoms with Crippen LogP contribution in [0.3, 0.4) is 0 Å². The van der Waals surface area contributed by atoms with Gasteiger partial charge < -0.3 is 10.6 Å². The number of hydrogen-bond acceptors (Lipinski definition) is 2. The lowest BCUT2D eigenvalue weighted by molar-refractivity contribution is -0.118. The minimum absolute atomic E-state index is 0. The van der Waals surface area contributed by atoms with Crippen molar-refractivity contribution in [3.8, 4) is 11.1 Å². The van der Waals surface area contributed by atoms with Gasteiger partial charge in [0.15, 0.2) is 0 Å². The molecule has 1 amide bonds. The predicted octanol–water partition coefficient (Wildman–Crippen LogP) is 5.41. The summed E-state index contributed by atoms with van der Waals surface area (Å²) in [5, 5.41) is 7.02. The van der Waals surface area contributed by atoms with Gasteiger partial charge in [-0.1, -0.05) is 54.7 Å². The van der Waals surface area contributed by atoms with Crippen molar-refractivity contribution < 1.29 is 4.79 Å². The number of rotatable bonds is 6. The first-order chi connectivity index (χ1) is 11.0. The van der Waals surface area contributed by atoms with E-state index in [0.29, 0.717) is 10.0 Å². The molecule has 0 aromatic heterocycles. The maximum Gasteiger partial charge on any atom is 0.241 e. The van der Waals surface area contributed by atoms with E-state index in [1.54, 1.807) is 13.1 Å². The summed E-state index contributed by atoms with van der Waals surface area (Å²) >= 11 is 12.0. The standard InChI is InChI=1S/C18H20Cl2N2O.ClH/c1-3-4-17(21-2)18(23)22-14-8-5-12(6-9-14)13-7-10-15(19)16(20)11-13;/h5-11,17,21H,3-4H2,1-2H3,(H,22,23);1H/t17-;/m0./s1. The van der Waals surface area contributed by atoms with Crippen LogP contribution >= 0.6 is 35.6 Å². The molecular weight excluding hydrogens is 367 g/mol. The Hall–Kier alpha value is -1.26. The lowest BCUT2D eigenvalue weighted by Gasteiger charge is -2.15. The van der Waals surface area contributed by atoms with Gasteiger partial charge in [-0.15, -0.1) is 12.4 Å². The van der Waals surface area contributed by atoms with Crippen molar-refractivity contribution in [2.24, 2.45) is 0 Å². The Morgan fingerprint density at radius 2 is 1.67 bits per heavy atom. The lowest BCUT2D eigenvalue weighted by atomic mass is 10.1. The van der Waals surface area contributed by atoms with E-state index in [2.05, 4.69) is 17.6 Å². The summed E-state index contributed by atoms with van der Waals surface area (Å²) in [6.45, 7) is 2.06. The molecule has 0 unspecified atom stereocenters. The number of anilines is 1. The summed E-state index contributed by atoms with van der Waals surface area (Å²) in [5.74, 6) is -0.0170. The van der Waals surface area contributed by atoms with Crippen LogP contribution in [0.25, 0.3) is 11.1 Å². The number of carbonyl (C=O) groups excluding carboxylic acids is 1. The number of nitrogens with one attached hydrogen (secondary N) is 2. The Bertz CT molecular complexity index is 674. The third-order valence-electron chi connectivity index (χ3n) is 3.65. The maximum atomic E-state index is 12.2. The Kier molecular flexibility index (Phi) is 8.57. The van der Waals surface area contributed by atoms with Crippen molar-refractivity contribution >= 4 is 47.2 Å². The normalized spacial score (nSPS) is 11.5. The average Bonchev–Trinajstić information content (AvgIpc) is 2.55. The molecule has 1 atom stereocenters. The maximum absolute atomic E-state index is 12.2. The molecule has 2 rings (SSSR count). The van der Waals surface area contributed by atoms with E-state index in [9.17, 15) is 4.79 Å². The Labute approximate surface area is 159 Å². The minimum atomic E-state index is -0.172. The SMILES string of the molecule is CCC[C@H](NC)C(=O)Nc1ccc(-c2ccc(Cl)c(Cl)c2)cc1.Cl. The van der Waals surface area contributed by atoms with Gasteiger partial charge in [0.05, 0.1) is 16.1 Å². The summed E-state index contributed by atoms with van der Waals surface area (Å²) in [6.07, 6.45) is 1.76. The van der Waals surface area contributed by atoms with Gasteiger partial charge >= 0.3 is 0 Å². The van der Waals surface area contributed by atoms with Gasteiger partial charge in [0.25, 0.3) is 0 Å². The van der Waals surface area contributed by atoms with Crippen LogP contribution in [-0.4, -0.2) is 19.0 Å². The molecule has 0 saturated carbocycles. The van der Waals surface area contributed by atoms with Crippen molar-refractivity contribution in [1.29, 1.82) is 0 Å². The molecule has 0 heterocycles. The first-order valence-electron chi connectivity index (χ1n) is 7.58. The van der Waals surface area contributed by atoms with Crippen molar-refractivity contribution in [3.63, 3.8) is 0 Å². The Morgan fingerprint density at radius 3 is 2.21 bits per heavy atom. The van der Waals surface area contributed by atoms with Gasteiger partial charge in [0.2, 0.25) is 5.91 Å². The Morgan fingerprint density at radius 1 is 1.04 bits per heavy atom. The fourth-order valence-corrected chi connectivity index (χ4v) is 2.64. The molecule has 0 fully saturated rings. The molecule has 0 aliphatic heterocycles. The molecule has 0 aliphatic rings. The molecule has 3 nitrogen and oxygen atoms in total. The third kappa shape index (κ3) is 5.38. The molecule has 2 aromatic rings. The number of halogens is 3. The van der Waals surface area contributed by atoms with E-state index in [-0.39, 0.29) is 24.4 Å². The molecule has 2 N–H and O–H groups in total. The highest BCUT2D eigenvalue weighted by molar-refractivity contribution is 6.42. The largest absolute Gasteiger partial charge is 0.325 e. The van der Waals surface area contributed by atoms with Crippen LogP contribution in [0.2, 0.25) is 10.0 Å². The van der Waals surface area contributed by atoms with Crippen molar-refractivity contribution in [1.82, 2.24) is 5.32 Å². The molecule has 0 radical (unpaired) electrons. The first-order valence-corrected chi connectivity index (χ1v) is 8.34. The van der Waals surface area contributed by atoms with Gasteiger partial charge in [0, 0.05) is 5.69 Å². The molecule has 2 aromatic carbocycles. The number of amides is 1. The monoisotopic (exact) mass is 386 g/mol. The smallest absolute Gasteiger partial charge is 0.241 e. The highest BCUT2D eigenvalue weighted by atomic mass is 35.5. The second-order valence-electron chi connectivity index (χ2n) is 5.33. The predicted molar refractivity (Wildman–Crippen MR) is 106 cm³/mol. The summed E-state index contributed by atoms with van der Waals surface area (Å²) in [7, 11) is 1.80. The van der Waals surface area contributed by atoms with Crippen LogP contribution in [-0.2, 0) is 4.79 Å². The van der Waals surface area contributed by atoms with Crippen LogP contribution in [0.1, 0.15) is 19.8 Å². The van der Waals surface area contributed by atoms with Crippen LogP contribution in [0.4, 0.5) is 5.69 Å². The van der Waals surface area contributed by atoms with Crippen molar-refractivity contribution in [3.05, 3.63) is 52.5 Å². The first kappa shape index (κ1) is 20.8. The zero-order chi connectivity index (χ0) is 16.8. The summed E-state index contributed by atoms with van der Waals surface area (Å²) in [4.78, 5) is 12.2. The van der Waals surface area contributed by atoms with Gasteiger partial charge in [-0.3, -0.25) is 4.79 Å². The van der Waals surface area contributed by atoms with Crippen molar-refractivity contribution in [2.45, 2.75) is 25.8 Å². The second-order valence-corrected chi connectivity index (χ2v) is 6.14. The van der Waals surface area contributed by atoms with Crippen LogP contribution in [0, 0.1) is 0 Å². The molecule has 0 bridgehead atoms. The summed E-state index contributed by atoms with van der Waals surface area (Å²) < 4.78 is 0. The molecule has 0 aliphatic carbocycles. The number of hydrogen-bond donors (Lipinski definition) is 2. The third-order valence-corrected chi connectivity index (χ3v) is 4.39. The van der Waals surface area contributed by atoms with E-state index in [1.807, 2.05) is 36.4 Å². The Balaban J connectivity index is 0.00000288. The molecule has 0 spiro atoms. The van der Waals surface area contributed by atoms with Gasteiger partial charge in [-0.05, 0) is 48.9 Å². The van der Waals surface area contributed by atoms with Crippen LogP contribution in [0.5, 0.6) is 0 Å². The minimum Gasteiger partial charge on any atom is -0.325 e. The summed E-state index contributed by atoms with van der Waals surface area (Å²) in [5.41, 5.74) is 2.77. The number of benzene rings is 2. The molecule has 130 valence electrons. The van der Waals surface area contributed by atoms with E-state index >= 15 is 0 Å². The zero-order valence-electron chi connectivity index (χ0n) is 13.6. The van der Waals surface area contributed by atoms with Crippen LogP contribution in [0.15, 0.2) is 42.5 Å². The van der Waals surface area contributed by atoms with Gasteiger partial charge in [-0.2, -0.15) is 0 Å². The number of likely N-dealkylation sites (N-methyl/N-ethyl adjacent to an activating group) is 1. The van der Waals surface area contributed by atoms with Gasteiger partial charge in [0.1, 0.15) is 0 Å². The molecule has 24 heavy (non-hydrogen) atoms. The van der Waals surface area contributed by atoms with E-state index in [0.717, 1.165) is 29.7 Å². The summed E-state index contributed by atoms with van der Waals surface area (Å²) in [6, 6.07) is 13.0. The van der Waals surface area contributed by atoms with E-state index in [4.69, 9.17) is 23.2 Å². The fourth-order valence-electron chi connectivity index (χ4n) is 2.35. The average molecular weight is 388 g/mol.